The summed E-state index contributed by atoms with van der Waals surface area (Å²) in [5.74, 6) is -0.330. The van der Waals surface area contributed by atoms with Crippen LogP contribution in [-0.4, -0.2) is 59.8 Å². The quantitative estimate of drug-likeness (QED) is 0.695. The molecule has 0 unspecified atom stereocenters. The molecule has 3 rings (SSSR count). The third kappa shape index (κ3) is 2.54. The molecule has 0 bridgehead atoms. The maximum absolute atomic E-state index is 12.4. The largest absolute Gasteiger partial charge is 0.342 e. The molecule has 2 aliphatic heterocycles. The topological polar surface area (TPSA) is 88.8 Å². The van der Waals surface area contributed by atoms with E-state index in [1.807, 2.05) is 4.90 Å². The van der Waals surface area contributed by atoms with Crippen LogP contribution in [0, 0.1) is 17.2 Å². The van der Waals surface area contributed by atoms with Crippen molar-refractivity contribution in [2.75, 3.05) is 26.2 Å². The molecule has 7 nitrogen and oxygen atoms in total. The third-order valence-corrected chi connectivity index (χ3v) is 4.97. The number of carbonyl (C=O) groups is 2. The predicted octanol–water partition coefficient (Wildman–Crippen LogP) is 0.0889. The third-order valence-electron chi connectivity index (χ3n) is 4.97. The number of carbonyl (C=O) groups excluding carboxylic acids is 2. The molecule has 2 heterocycles. The van der Waals surface area contributed by atoms with Crippen LogP contribution in [0.2, 0.25) is 0 Å². The van der Waals surface area contributed by atoms with Crippen molar-refractivity contribution in [2.24, 2.45) is 10.9 Å². The minimum atomic E-state index is -0.687. The Kier molecular flexibility index (Phi) is 4.01. The summed E-state index contributed by atoms with van der Waals surface area (Å²) < 4.78 is 0. The van der Waals surface area contributed by atoms with E-state index in [1.165, 1.54) is 0 Å². The minimum Gasteiger partial charge on any atom is -0.342 e. The highest BCUT2D eigenvalue weighted by atomic mass is 16.2. The summed E-state index contributed by atoms with van der Waals surface area (Å²) in [4.78, 5) is 31.7. The number of rotatable bonds is 1. The average Bonchev–Trinajstić information content (AvgIpc) is 2.55. The molecular formula is C15H21N5O2. The van der Waals surface area contributed by atoms with Crippen molar-refractivity contribution < 1.29 is 9.59 Å². The van der Waals surface area contributed by atoms with Crippen LogP contribution in [0.15, 0.2) is 4.99 Å². The number of hydrogen-bond acceptors (Lipinski definition) is 5. The van der Waals surface area contributed by atoms with E-state index in [9.17, 15) is 14.9 Å². The molecule has 22 heavy (non-hydrogen) atoms. The van der Waals surface area contributed by atoms with Gasteiger partial charge in [-0.2, -0.15) is 5.26 Å². The van der Waals surface area contributed by atoms with Crippen molar-refractivity contribution in [1.82, 2.24) is 15.1 Å². The summed E-state index contributed by atoms with van der Waals surface area (Å²) in [6.07, 6.45) is 5.63. The number of guanidine groups is 1. The van der Waals surface area contributed by atoms with Crippen LogP contribution in [0.3, 0.4) is 0 Å². The molecule has 1 spiro atoms. The Bertz CT molecular complexity index is 525. The summed E-state index contributed by atoms with van der Waals surface area (Å²) >= 11 is 0. The lowest BCUT2D eigenvalue weighted by Gasteiger charge is -2.43. The average molecular weight is 303 g/mol. The van der Waals surface area contributed by atoms with Crippen LogP contribution in [0.25, 0.3) is 0 Å². The van der Waals surface area contributed by atoms with Crippen LogP contribution in [0.1, 0.15) is 32.1 Å². The highest BCUT2D eigenvalue weighted by Gasteiger charge is 2.48. The highest BCUT2D eigenvalue weighted by Crippen LogP contribution is 2.39. The molecule has 1 atom stereocenters. The first kappa shape index (κ1) is 14.8. The SMILES string of the molecule is N#C[C@@H]1C(=O)NC(N2CCN(C=O)CC2)=NC12CCCCC2. The molecule has 0 radical (unpaired) electrons. The van der Waals surface area contributed by atoms with E-state index >= 15 is 0 Å². The zero-order valence-electron chi connectivity index (χ0n) is 12.6. The maximum Gasteiger partial charge on any atom is 0.246 e. The summed E-state index contributed by atoms with van der Waals surface area (Å²) in [5.41, 5.74) is -0.549. The smallest absolute Gasteiger partial charge is 0.246 e. The fraction of sp³-hybridized carbons (Fsp3) is 0.733. The predicted molar refractivity (Wildman–Crippen MR) is 79.7 cm³/mol. The molecule has 3 aliphatic rings. The number of piperazine rings is 1. The minimum absolute atomic E-state index is 0.229. The number of amides is 2. The lowest BCUT2D eigenvalue weighted by atomic mass is 9.72. The van der Waals surface area contributed by atoms with Gasteiger partial charge in [0.2, 0.25) is 18.3 Å². The van der Waals surface area contributed by atoms with Crippen LogP contribution >= 0.6 is 0 Å². The second-order valence-electron chi connectivity index (χ2n) is 6.28. The van der Waals surface area contributed by atoms with Gasteiger partial charge in [0.1, 0.15) is 0 Å². The van der Waals surface area contributed by atoms with Crippen molar-refractivity contribution >= 4 is 18.3 Å². The van der Waals surface area contributed by atoms with Crippen molar-refractivity contribution in [3.63, 3.8) is 0 Å². The van der Waals surface area contributed by atoms with Gasteiger partial charge in [-0.3, -0.25) is 14.9 Å². The van der Waals surface area contributed by atoms with Gasteiger partial charge in [-0.1, -0.05) is 19.3 Å². The molecule has 118 valence electrons. The maximum atomic E-state index is 12.4. The van der Waals surface area contributed by atoms with Gasteiger partial charge in [0.05, 0.1) is 11.6 Å². The van der Waals surface area contributed by atoms with Crippen molar-refractivity contribution in [3.05, 3.63) is 0 Å². The normalized spacial score (nSPS) is 27.9. The van der Waals surface area contributed by atoms with Gasteiger partial charge >= 0.3 is 0 Å². The Hall–Kier alpha value is -2.10. The van der Waals surface area contributed by atoms with Crippen molar-refractivity contribution in [3.8, 4) is 6.07 Å². The van der Waals surface area contributed by atoms with E-state index in [2.05, 4.69) is 11.4 Å². The van der Waals surface area contributed by atoms with E-state index in [0.717, 1.165) is 38.5 Å². The van der Waals surface area contributed by atoms with Gasteiger partial charge in [-0.25, -0.2) is 4.99 Å². The second-order valence-corrected chi connectivity index (χ2v) is 6.28. The van der Waals surface area contributed by atoms with Gasteiger partial charge in [-0.05, 0) is 12.8 Å². The molecule has 1 aliphatic carbocycles. The Balaban J connectivity index is 1.84. The second kappa shape index (κ2) is 5.95. The van der Waals surface area contributed by atoms with Gasteiger partial charge < -0.3 is 9.80 Å². The van der Waals surface area contributed by atoms with Gasteiger partial charge in [-0.15, -0.1) is 0 Å². The first-order valence-corrected chi connectivity index (χ1v) is 7.93. The van der Waals surface area contributed by atoms with Crippen LogP contribution in [0.5, 0.6) is 0 Å². The van der Waals surface area contributed by atoms with E-state index < -0.39 is 11.5 Å². The van der Waals surface area contributed by atoms with Gasteiger partial charge in [0, 0.05) is 26.2 Å². The number of nitrogens with one attached hydrogen (secondary N) is 1. The number of nitrogens with zero attached hydrogens (tertiary/aromatic N) is 4. The molecule has 0 aromatic heterocycles. The Labute approximate surface area is 130 Å². The fourth-order valence-corrected chi connectivity index (χ4v) is 3.66. The fourth-order valence-electron chi connectivity index (χ4n) is 3.66. The number of nitriles is 1. The Morgan fingerprint density at radius 1 is 1.23 bits per heavy atom. The van der Waals surface area contributed by atoms with Crippen LogP contribution in [-0.2, 0) is 9.59 Å². The highest BCUT2D eigenvalue weighted by molar-refractivity contribution is 6.02. The Morgan fingerprint density at radius 3 is 2.50 bits per heavy atom. The van der Waals surface area contributed by atoms with Crippen LogP contribution < -0.4 is 5.32 Å². The molecule has 1 saturated carbocycles. The summed E-state index contributed by atoms with van der Waals surface area (Å²) in [6.45, 7) is 2.58. The molecule has 1 saturated heterocycles. The van der Waals surface area contributed by atoms with E-state index in [1.54, 1.807) is 4.90 Å². The Morgan fingerprint density at radius 2 is 1.91 bits per heavy atom. The zero-order valence-corrected chi connectivity index (χ0v) is 12.6. The van der Waals surface area contributed by atoms with Crippen molar-refractivity contribution in [1.29, 1.82) is 5.26 Å². The lowest BCUT2D eigenvalue weighted by Crippen LogP contribution is -2.60. The van der Waals surface area contributed by atoms with Gasteiger partial charge in [0.25, 0.3) is 0 Å². The number of aliphatic imine (C=N–C) groups is 1. The van der Waals surface area contributed by atoms with E-state index in [0.29, 0.717) is 32.1 Å². The molecule has 1 N–H and O–H groups in total. The summed E-state index contributed by atoms with van der Waals surface area (Å²) in [6, 6.07) is 2.16. The molecular weight excluding hydrogens is 282 g/mol. The first-order valence-electron chi connectivity index (χ1n) is 7.93. The zero-order chi connectivity index (χ0) is 15.6. The van der Waals surface area contributed by atoms with E-state index in [-0.39, 0.29) is 5.91 Å². The molecule has 0 aromatic rings. The molecule has 2 fully saturated rings. The molecule has 7 heteroatoms. The lowest BCUT2D eigenvalue weighted by molar-refractivity contribution is -0.125. The monoisotopic (exact) mass is 303 g/mol. The number of hydrogen-bond donors (Lipinski definition) is 1. The van der Waals surface area contributed by atoms with E-state index in [4.69, 9.17) is 4.99 Å². The standard InChI is InChI=1S/C15H21N5O2/c16-10-12-13(22)17-14(18-15(12)4-2-1-3-5-15)20-8-6-19(11-21)7-9-20/h11-12H,1-9H2,(H,17,18,22)/t12-/m1/s1. The molecule has 0 aromatic carbocycles. The van der Waals surface area contributed by atoms with Crippen LogP contribution in [0.4, 0.5) is 0 Å². The van der Waals surface area contributed by atoms with Crippen molar-refractivity contribution in [2.45, 2.75) is 37.6 Å². The first-order chi connectivity index (χ1) is 10.7. The molecule has 2 amide bonds. The summed E-state index contributed by atoms with van der Waals surface area (Å²) in [7, 11) is 0. The summed E-state index contributed by atoms with van der Waals surface area (Å²) in [5, 5.41) is 12.2. The van der Waals surface area contributed by atoms with Gasteiger partial charge in [0.15, 0.2) is 5.92 Å².